The maximum absolute atomic E-state index is 3.64. The first-order chi connectivity index (χ1) is 14.7. The first kappa shape index (κ1) is 22.8. The summed E-state index contributed by atoms with van der Waals surface area (Å²) in [5, 5.41) is 0. The van der Waals surface area contributed by atoms with Crippen LogP contribution < -0.4 is 10.9 Å². The van der Waals surface area contributed by atoms with Gasteiger partial charge in [-0.2, -0.15) is 0 Å². The van der Waals surface area contributed by atoms with Crippen LogP contribution in [0.25, 0.3) is 0 Å². The standard InChI is InChI=1S/2C12H13BBrN/c2*1-2-15-10-6-9-12(14)13(15)11-7-4-3-5-8-11/h2*3-10H,2H2,1H3. The average Bonchev–Trinajstić information content (AvgIpc) is 2.80. The van der Waals surface area contributed by atoms with Crippen LogP contribution in [0, 0.1) is 0 Å². The van der Waals surface area contributed by atoms with Gasteiger partial charge >= 0.3 is 13.7 Å². The summed E-state index contributed by atoms with van der Waals surface area (Å²) in [5.41, 5.74) is 2.65. The van der Waals surface area contributed by atoms with Crippen molar-refractivity contribution in [3.63, 3.8) is 0 Å². The van der Waals surface area contributed by atoms with Crippen molar-refractivity contribution in [2.45, 2.75) is 13.8 Å². The summed E-state index contributed by atoms with van der Waals surface area (Å²) in [6, 6.07) is 21.1. The summed E-state index contributed by atoms with van der Waals surface area (Å²) in [4.78, 5) is 4.64. The number of benzene rings is 2. The van der Waals surface area contributed by atoms with E-state index in [1.807, 2.05) is 0 Å². The highest BCUT2D eigenvalue weighted by atomic mass is 79.9. The van der Waals surface area contributed by atoms with Crippen molar-refractivity contribution in [3.05, 3.63) is 106 Å². The van der Waals surface area contributed by atoms with Gasteiger partial charge in [0.05, 0.1) is 0 Å². The lowest BCUT2D eigenvalue weighted by Gasteiger charge is -2.29. The van der Waals surface area contributed by atoms with E-state index in [2.05, 4.69) is 153 Å². The van der Waals surface area contributed by atoms with Gasteiger partial charge in [-0.3, -0.25) is 0 Å². The van der Waals surface area contributed by atoms with Crippen LogP contribution in [0.4, 0.5) is 0 Å². The minimum Gasteiger partial charge on any atom is -0.413 e. The molecule has 0 bridgehead atoms. The van der Waals surface area contributed by atoms with Gasteiger partial charge < -0.3 is 9.62 Å². The summed E-state index contributed by atoms with van der Waals surface area (Å²) in [6.45, 7) is 7.04. The predicted molar refractivity (Wildman–Crippen MR) is 141 cm³/mol. The van der Waals surface area contributed by atoms with E-state index >= 15 is 0 Å². The first-order valence-electron chi connectivity index (χ1n) is 10.3. The Kier molecular flexibility index (Phi) is 8.71. The van der Waals surface area contributed by atoms with E-state index < -0.39 is 0 Å². The molecule has 0 aromatic heterocycles. The molecule has 2 heterocycles. The highest BCUT2D eigenvalue weighted by molar-refractivity contribution is 9.12. The van der Waals surface area contributed by atoms with Crippen molar-refractivity contribution in [2.24, 2.45) is 0 Å². The first-order valence-corrected chi connectivity index (χ1v) is 11.9. The van der Waals surface area contributed by atoms with Crippen molar-refractivity contribution in [1.29, 1.82) is 0 Å². The lowest BCUT2D eigenvalue weighted by atomic mass is 9.53. The van der Waals surface area contributed by atoms with E-state index in [1.165, 1.54) is 19.7 Å². The zero-order valence-corrected chi connectivity index (χ0v) is 20.6. The molecule has 0 fully saturated rings. The molecular formula is C24H26B2Br2N2. The third-order valence-electron chi connectivity index (χ3n) is 5.21. The third-order valence-corrected chi connectivity index (χ3v) is 6.61. The Morgan fingerprint density at radius 3 is 1.33 bits per heavy atom. The van der Waals surface area contributed by atoms with Gasteiger partial charge in [0.2, 0.25) is 0 Å². The summed E-state index contributed by atoms with van der Waals surface area (Å²) in [6.07, 6.45) is 12.7. The van der Waals surface area contributed by atoms with Gasteiger partial charge in [0.25, 0.3) is 0 Å². The quantitative estimate of drug-likeness (QED) is 0.514. The van der Waals surface area contributed by atoms with Gasteiger partial charge in [-0.15, -0.1) is 0 Å². The van der Waals surface area contributed by atoms with E-state index in [1.54, 1.807) is 0 Å². The second-order valence-corrected chi connectivity index (χ2v) is 8.90. The van der Waals surface area contributed by atoms with E-state index in [9.17, 15) is 0 Å². The maximum atomic E-state index is 3.64. The second-order valence-electron chi connectivity index (χ2n) is 7.07. The van der Waals surface area contributed by atoms with Crippen molar-refractivity contribution >= 4 is 56.5 Å². The summed E-state index contributed by atoms with van der Waals surface area (Å²) < 4.78 is 2.44. The second kappa shape index (κ2) is 11.5. The number of hydrogen-bond acceptors (Lipinski definition) is 2. The zero-order chi connectivity index (χ0) is 21.3. The zero-order valence-electron chi connectivity index (χ0n) is 17.5. The number of hydrogen-bond donors (Lipinski definition) is 0. The highest BCUT2D eigenvalue weighted by Gasteiger charge is 2.27. The van der Waals surface area contributed by atoms with Crippen LogP contribution in [0.5, 0.6) is 0 Å². The molecule has 2 aromatic carbocycles. The highest BCUT2D eigenvalue weighted by Crippen LogP contribution is 2.19. The fourth-order valence-corrected chi connectivity index (χ4v) is 5.07. The Morgan fingerprint density at radius 2 is 1.00 bits per heavy atom. The third kappa shape index (κ3) is 5.61. The molecule has 0 saturated carbocycles. The molecule has 30 heavy (non-hydrogen) atoms. The molecule has 0 atom stereocenters. The van der Waals surface area contributed by atoms with Gasteiger partial charge in [0, 0.05) is 13.1 Å². The van der Waals surface area contributed by atoms with Gasteiger partial charge in [0.1, 0.15) is 0 Å². The van der Waals surface area contributed by atoms with Crippen molar-refractivity contribution < 1.29 is 0 Å². The Labute approximate surface area is 198 Å². The normalized spacial score (nSPS) is 15.5. The molecule has 0 saturated heterocycles. The van der Waals surface area contributed by atoms with Gasteiger partial charge in [-0.25, -0.2) is 0 Å². The largest absolute Gasteiger partial charge is 0.413 e. The molecule has 0 radical (unpaired) electrons. The summed E-state index contributed by atoms with van der Waals surface area (Å²) in [5.74, 6) is 0. The van der Waals surface area contributed by atoms with Crippen LogP contribution in [0.3, 0.4) is 0 Å². The molecule has 2 aromatic rings. The smallest absolute Gasteiger partial charge is 0.330 e. The van der Waals surface area contributed by atoms with Crippen molar-refractivity contribution in [1.82, 2.24) is 9.62 Å². The minimum absolute atomic E-state index is 0.334. The average molecular weight is 524 g/mol. The van der Waals surface area contributed by atoms with Crippen LogP contribution in [-0.4, -0.2) is 36.4 Å². The molecule has 2 aliphatic heterocycles. The van der Waals surface area contributed by atoms with E-state index in [0.29, 0.717) is 13.7 Å². The Balaban J connectivity index is 0.000000171. The van der Waals surface area contributed by atoms with E-state index in [4.69, 9.17) is 0 Å². The van der Waals surface area contributed by atoms with E-state index in [-0.39, 0.29) is 0 Å². The molecule has 0 amide bonds. The fourth-order valence-electron chi connectivity index (χ4n) is 3.71. The van der Waals surface area contributed by atoms with Gasteiger partial charge in [0.15, 0.2) is 0 Å². The number of allylic oxidation sites excluding steroid dienone is 4. The lowest BCUT2D eigenvalue weighted by Crippen LogP contribution is -2.46. The van der Waals surface area contributed by atoms with Crippen LogP contribution in [-0.2, 0) is 0 Å². The summed E-state index contributed by atoms with van der Waals surface area (Å²) >= 11 is 7.28. The van der Waals surface area contributed by atoms with Crippen molar-refractivity contribution in [2.75, 3.05) is 13.1 Å². The Bertz CT molecular complexity index is 849. The Hall–Kier alpha value is -1.91. The maximum Gasteiger partial charge on any atom is 0.330 e. The monoisotopic (exact) mass is 522 g/mol. The molecule has 4 rings (SSSR count). The topological polar surface area (TPSA) is 6.48 Å². The molecule has 6 heteroatoms. The Morgan fingerprint density at radius 1 is 0.633 bits per heavy atom. The molecule has 0 N–H and O–H groups in total. The van der Waals surface area contributed by atoms with Gasteiger partial charge in [-0.1, -0.05) is 116 Å². The van der Waals surface area contributed by atoms with Crippen LogP contribution >= 0.6 is 31.9 Å². The molecule has 0 aliphatic carbocycles. The molecule has 2 nitrogen and oxygen atoms in total. The molecule has 152 valence electrons. The van der Waals surface area contributed by atoms with Crippen molar-refractivity contribution in [3.8, 4) is 0 Å². The van der Waals surface area contributed by atoms with E-state index in [0.717, 1.165) is 13.1 Å². The predicted octanol–water partition coefficient (Wildman–Crippen LogP) is 5.10. The number of halogens is 2. The lowest BCUT2D eigenvalue weighted by molar-refractivity contribution is 0.616. The molecule has 0 unspecified atom stereocenters. The molecular weight excluding hydrogens is 498 g/mol. The molecule has 2 aliphatic rings. The van der Waals surface area contributed by atoms with Gasteiger partial charge in [-0.05, 0) is 47.2 Å². The minimum atomic E-state index is 0.334. The van der Waals surface area contributed by atoms with Crippen LogP contribution in [0.1, 0.15) is 13.8 Å². The summed E-state index contributed by atoms with van der Waals surface area (Å²) in [7, 11) is 0. The van der Waals surface area contributed by atoms with Crippen LogP contribution in [0.15, 0.2) is 106 Å². The number of nitrogens with zero attached hydrogens (tertiary/aromatic N) is 2. The van der Waals surface area contributed by atoms with Crippen LogP contribution in [0.2, 0.25) is 0 Å². The SMILES string of the molecule is CCN1C=CC=C(Br)B1c1ccccc1.CCN1C=CC=C(Br)B1c1ccccc1. The molecule has 0 spiro atoms. The number of rotatable bonds is 4. The fraction of sp³-hybridized carbons (Fsp3) is 0.167.